The SMILES string of the molecule is COC(=O)CC[C@@H]1COc2cc(O[C@@H]3CCc4c(Oc5ccc(-c6nccs6)cc5)ccc(F)c43)ccc21. The number of benzene rings is 3. The molecule has 194 valence electrons. The molecule has 0 amide bonds. The lowest BCUT2D eigenvalue weighted by molar-refractivity contribution is -0.140. The number of fused-ring (bicyclic) bond motifs is 2. The summed E-state index contributed by atoms with van der Waals surface area (Å²) in [5.41, 5.74) is 3.45. The number of aromatic nitrogens is 1. The van der Waals surface area contributed by atoms with Crippen LogP contribution in [0.3, 0.4) is 0 Å². The van der Waals surface area contributed by atoms with E-state index < -0.39 is 6.10 Å². The van der Waals surface area contributed by atoms with E-state index in [0.717, 1.165) is 27.4 Å². The standard InChI is InChI=1S/C30H26FNO5S/c1-34-28(33)13-4-19-17-35-27-16-21(7-8-22(19)27)37-26-11-9-23-25(12-10-24(31)29(23)26)36-20-5-2-18(3-6-20)30-32-14-15-38-30/h2-3,5-8,10,12,14-16,19,26H,4,9,11,13,17H2,1H3/t19-,26-/m1/s1. The number of rotatable bonds is 8. The van der Waals surface area contributed by atoms with Crippen LogP contribution in [-0.2, 0) is 16.0 Å². The summed E-state index contributed by atoms with van der Waals surface area (Å²) in [6, 6.07) is 16.6. The topological polar surface area (TPSA) is 66.9 Å². The quantitative estimate of drug-likeness (QED) is 0.223. The van der Waals surface area contributed by atoms with Crippen LogP contribution in [0.5, 0.6) is 23.0 Å². The molecule has 0 fully saturated rings. The molecule has 3 aromatic carbocycles. The molecule has 1 aromatic heterocycles. The minimum atomic E-state index is -0.421. The highest BCUT2D eigenvalue weighted by atomic mass is 32.1. The zero-order valence-corrected chi connectivity index (χ0v) is 21.6. The Morgan fingerprint density at radius 3 is 2.76 bits per heavy atom. The van der Waals surface area contributed by atoms with E-state index in [4.69, 9.17) is 18.9 Å². The van der Waals surface area contributed by atoms with E-state index in [9.17, 15) is 4.79 Å². The number of ether oxygens (including phenoxy) is 4. The fourth-order valence-electron chi connectivity index (χ4n) is 5.14. The molecule has 0 unspecified atom stereocenters. The Hall–Kier alpha value is -3.91. The van der Waals surface area contributed by atoms with Gasteiger partial charge in [-0.1, -0.05) is 6.07 Å². The number of hydrogen-bond donors (Lipinski definition) is 0. The number of hydrogen-bond acceptors (Lipinski definition) is 7. The molecule has 2 aliphatic rings. The van der Waals surface area contributed by atoms with Gasteiger partial charge in [0, 0.05) is 52.2 Å². The minimum Gasteiger partial charge on any atom is -0.493 e. The molecule has 1 aliphatic heterocycles. The predicted octanol–water partition coefficient (Wildman–Crippen LogP) is 7.24. The Labute approximate surface area is 224 Å². The minimum absolute atomic E-state index is 0.137. The Balaban J connectivity index is 1.17. The summed E-state index contributed by atoms with van der Waals surface area (Å²) in [5.74, 6) is 2.30. The van der Waals surface area contributed by atoms with E-state index in [1.807, 2.05) is 47.8 Å². The van der Waals surface area contributed by atoms with Crippen molar-refractivity contribution in [2.75, 3.05) is 13.7 Å². The summed E-state index contributed by atoms with van der Waals surface area (Å²) in [6.07, 6.45) is 3.68. The number of nitrogens with zero attached hydrogens (tertiary/aromatic N) is 1. The van der Waals surface area contributed by atoms with Gasteiger partial charge in [0.25, 0.3) is 0 Å². The lowest BCUT2D eigenvalue weighted by Gasteiger charge is -2.17. The fourth-order valence-corrected chi connectivity index (χ4v) is 5.79. The third-order valence-electron chi connectivity index (χ3n) is 7.07. The molecule has 0 N–H and O–H groups in total. The van der Waals surface area contributed by atoms with Crippen LogP contribution in [0.15, 0.2) is 66.2 Å². The second-order valence-electron chi connectivity index (χ2n) is 9.37. The molecule has 6 rings (SSSR count). The highest BCUT2D eigenvalue weighted by Crippen LogP contribution is 2.44. The number of carbonyl (C=O) groups excluding carboxylic acids is 1. The van der Waals surface area contributed by atoms with Gasteiger partial charge in [-0.05, 0) is 61.7 Å². The number of halogens is 1. The van der Waals surface area contributed by atoms with Crippen LogP contribution >= 0.6 is 11.3 Å². The van der Waals surface area contributed by atoms with Gasteiger partial charge in [-0.2, -0.15) is 0 Å². The van der Waals surface area contributed by atoms with E-state index in [-0.39, 0.29) is 17.7 Å². The van der Waals surface area contributed by atoms with Crippen LogP contribution in [0.4, 0.5) is 4.39 Å². The summed E-state index contributed by atoms with van der Waals surface area (Å²) >= 11 is 1.58. The van der Waals surface area contributed by atoms with Crippen molar-refractivity contribution >= 4 is 17.3 Å². The fraction of sp³-hybridized carbons (Fsp3) is 0.267. The highest BCUT2D eigenvalue weighted by Gasteiger charge is 2.32. The maximum absolute atomic E-state index is 15.0. The second-order valence-corrected chi connectivity index (χ2v) is 10.3. The zero-order chi connectivity index (χ0) is 26.1. The number of esters is 1. The van der Waals surface area contributed by atoms with Gasteiger partial charge >= 0.3 is 5.97 Å². The van der Waals surface area contributed by atoms with Crippen molar-refractivity contribution in [1.82, 2.24) is 4.98 Å². The van der Waals surface area contributed by atoms with Crippen molar-refractivity contribution in [2.45, 2.75) is 37.7 Å². The summed E-state index contributed by atoms with van der Waals surface area (Å²) in [4.78, 5) is 15.9. The third kappa shape index (κ3) is 4.84. The van der Waals surface area contributed by atoms with Gasteiger partial charge in [0.05, 0.1) is 13.7 Å². The molecule has 6 nitrogen and oxygen atoms in total. The summed E-state index contributed by atoms with van der Waals surface area (Å²) in [6.45, 7) is 0.516. The van der Waals surface area contributed by atoms with Gasteiger partial charge in [-0.15, -0.1) is 11.3 Å². The summed E-state index contributed by atoms with van der Waals surface area (Å²) in [5, 5.41) is 2.90. The van der Waals surface area contributed by atoms with E-state index >= 15 is 4.39 Å². The van der Waals surface area contributed by atoms with Gasteiger partial charge in [-0.25, -0.2) is 9.37 Å². The molecule has 1 aliphatic carbocycles. The first-order valence-corrected chi connectivity index (χ1v) is 13.5. The van der Waals surface area contributed by atoms with Gasteiger partial charge in [-0.3, -0.25) is 4.79 Å². The monoisotopic (exact) mass is 531 g/mol. The van der Waals surface area contributed by atoms with Gasteiger partial charge in [0.2, 0.25) is 0 Å². The van der Waals surface area contributed by atoms with E-state index in [2.05, 4.69) is 4.98 Å². The number of methoxy groups -OCH3 is 1. The van der Waals surface area contributed by atoms with Crippen LogP contribution in [0, 0.1) is 5.82 Å². The predicted molar refractivity (Wildman–Crippen MR) is 142 cm³/mol. The highest BCUT2D eigenvalue weighted by molar-refractivity contribution is 7.13. The van der Waals surface area contributed by atoms with Crippen molar-refractivity contribution in [2.24, 2.45) is 0 Å². The van der Waals surface area contributed by atoms with Gasteiger partial charge in [0.15, 0.2) is 0 Å². The maximum atomic E-state index is 15.0. The average molecular weight is 532 g/mol. The Morgan fingerprint density at radius 1 is 1.13 bits per heavy atom. The third-order valence-corrected chi connectivity index (χ3v) is 7.89. The molecule has 2 atom stereocenters. The molecule has 2 heterocycles. The first-order valence-electron chi connectivity index (χ1n) is 12.6. The molecule has 0 saturated heterocycles. The molecule has 4 aromatic rings. The lowest BCUT2D eigenvalue weighted by Crippen LogP contribution is -2.06. The molecular weight excluding hydrogens is 505 g/mol. The van der Waals surface area contributed by atoms with Crippen LogP contribution in [0.2, 0.25) is 0 Å². The van der Waals surface area contributed by atoms with Crippen molar-refractivity contribution in [3.05, 3.63) is 88.7 Å². The Kier molecular flexibility index (Phi) is 6.72. The molecule has 0 saturated carbocycles. The maximum Gasteiger partial charge on any atom is 0.305 e. The smallest absolute Gasteiger partial charge is 0.305 e. The summed E-state index contributed by atoms with van der Waals surface area (Å²) in [7, 11) is 1.39. The van der Waals surface area contributed by atoms with Crippen LogP contribution < -0.4 is 14.2 Å². The van der Waals surface area contributed by atoms with E-state index in [0.29, 0.717) is 55.1 Å². The first kappa shape index (κ1) is 24.4. The van der Waals surface area contributed by atoms with Crippen LogP contribution in [-0.4, -0.2) is 24.7 Å². The van der Waals surface area contributed by atoms with Crippen molar-refractivity contribution < 1.29 is 28.1 Å². The van der Waals surface area contributed by atoms with E-state index in [1.165, 1.54) is 13.2 Å². The van der Waals surface area contributed by atoms with Crippen molar-refractivity contribution in [3.8, 4) is 33.6 Å². The average Bonchev–Trinajstić information content (AvgIpc) is 3.70. The van der Waals surface area contributed by atoms with Crippen molar-refractivity contribution in [3.63, 3.8) is 0 Å². The largest absolute Gasteiger partial charge is 0.493 e. The number of thiazole rings is 1. The molecule has 38 heavy (non-hydrogen) atoms. The molecular formula is C30H26FNO5S. The van der Waals surface area contributed by atoms with E-state index in [1.54, 1.807) is 23.6 Å². The van der Waals surface area contributed by atoms with Crippen LogP contribution in [0.25, 0.3) is 10.6 Å². The Bertz CT molecular complexity index is 1450. The van der Waals surface area contributed by atoms with Gasteiger partial charge < -0.3 is 18.9 Å². The second kappa shape index (κ2) is 10.5. The lowest BCUT2D eigenvalue weighted by atomic mass is 9.96. The molecule has 0 radical (unpaired) electrons. The molecule has 0 bridgehead atoms. The first-order chi connectivity index (χ1) is 18.6. The molecule has 0 spiro atoms. The van der Waals surface area contributed by atoms with Crippen molar-refractivity contribution in [1.29, 1.82) is 0 Å². The molecule has 8 heteroatoms. The van der Waals surface area contributed by atoms with Crippen LogP contribution in [0.1, 0.15) is 48.0 Å². The number of carbonyl (C=O) groups is 1. The Morgan fingerprint density at radius 2 is 1.97 bits per heavy atom. The summed E-state index contributed by atoms with van der Waals surface area (Å²) < 4.78 is 38.1. The zero-order valence-electron chi connectivity index (χ0n) is 20.8. The van der Waals surface area contributed by atoms with Gasteiger partial charge in [0.1, 0.15) is 39.9 Å². The normalized spacial score (nSPS) is 17.4.